The molecule has 1 fully saturated rings. The number of unbranched alkanes of at least 4 members (excludes halogenated alkanes) is 16. The monoisotopic (exact) mass is 806 g/mol. The number of rotatable bonds is 44. The quantitative estimate of drug-likeness (QED) is 0.0451. The first-order chi connectivity index (χ1) is 28.0. The summed E-state index contributed by atoms with van der Waals surface area (Å²) in [4.78, 5) is 27.2. The van der Waals surface area contributed by atoms with Crippen molar-refractivity contribution in [1.29, 1.82) is 0 Å². The molecule has 6 nitrogen and oxygen atoms in total. The van der Waals surface area contributed by atoms with E-state index in [0.29, 0.717) is 32.0 Å². The van der Waals surface area contributed by atoms with E-state index < -0.39 is 0 Å². The number of hydrogen-bond donors (Lipinski definition) is 0. The largest absolute Gasteiger partial charge is 0.466 e. The highest BCUT2D eigenvalue weighted by Gasteiger charge is 2.14. The number of hydrogen-bond acceptors (Lipinski definition) is 6. The van der Waals surface area contributed by atoms with Gasteiger partial charge in [0.25, 0.3) is 0 Å². The molecule has 0 amide bonds. The Morgan fingerprint density at radius 1 is 0.421 bits per heavy atom. The number of ether oxygens (including phenoxy) is 3. The molecule has 0 N–H and O–H groups in total. The molecule has 0 aromatic carbocycles. The number of carbonyl (C=O) groups is 2. The van der Waals surface area contributed by atoms with Crippen molar-refractivity contribution in [3.05, 3.63) is 0 Å². The number of esters is 2. The second-order valence-corrected chi connectivity index (χ2v) is 18.2. The van der Waals surface area contributed by atoms with E-state index in [1.54, 1.807) is 0 Å². The van der Waals surface area contributed by atoms with Crippen LogP contribution in [0.1, 0.15) is 252 Å². The summed E-state index contributed by atoms with van der Waals surface area (Å²) in [7, 11) is 0. The molecule has 0 spiro atoms. The molecule has 0 aromatic rings. The fourth-order valence-corrected chi connectivity index (χ4v) is 8.79. The first kappa shape index (κ1) is 53.9. The van der Waals surface area contributed by atoms with E-state index >= 15 is 0 Å². The van der Waals surface area contributed by atoms with Gasteiger partial charge in [-0.15, -0.1) is 0 Å². The van der Waals surface area contributed by atoms with Gasteiger partial charge in [0.2, 0.25) is 0 Å². The third kappa shape index (κ3) is 35.3. The van der Waals surface area contributed by atoms with Crippen LogP contribution in [0.4, 0.5) is 0 Å². The van der Waals surface area contributed by atoms with E-state index in [4.69, 9.17) is 14.2 Å². The molecule has 0 unspecified atom stereocenters. The molecule has 0 radical (unpaired) electrons. The first-order valence-electron chi connectivity index (χ1n) is 25.6. The molecule has 1 aliphatic heterocycles. The Labute approximate surface area is 355 Å². The fourth-order valence-electron chi connectivity index (χ4n) is 8.79. The van der Waals surface area contributed by atoms with E-state index in [-0.39, 0.29) is 11.9 Å². The van der Waals surface area contributed by atoms with Crippen molar-refractivity contribution in [3.63, 3.8) is 0 Å². The second-order valence-electron chi connectivity index (χ2n) is 18.2. The van der Waals surface area contributed by atoms with Crippen LogP contribution < -0.4 is 0 Å². The average molecular weight is 806 g/mol. The van der Waals surface area contributed by atoms with Gasteiger partial charge in [-0.3, -0.25) is 9.59 Å². The Morgan fingerprint density at radius 3 is 1.19 bits per heavy atom. The van der Waals surface area contributed by atoms with Gasteiger partial charge in [0.1, 0.15) is 0 Å². The Balaban J connectivity index is 2.16. The molecule has 0 atom stereocenters. The van der Waals surface area contributed by atoms with Gasteiger partial charge in [-0.05, 0) is 88.6 Å². The zero-order valence-corrected chi connectivity index (χ0v) is 38.9. The van der Waals surface area contributed by atoms with Crippen molar-refractivity contribution in [2.75, 3.05) is 46.1 Å². The van der Waals surface area contributed by atoms with Crippen molar-refractivity contribution in [1.82, 2.24) is 4.90 Å². The minimum absolute atomic E-state index is 0.0113. The van der Waals surface area contributed by atoms with Crippen LogP contribution in [0.5, 0.6) is 0 Å². The highest BCUT2D eigenvalue weighted by Crippen LogP contribution is 2.23. The number of nitrogens with zero attached hydrogens (tertiary/aromatic N) is 1. The van der Waals surface area contributed by atoms with E-state index in [1.807, 2.05) is 0 Å². The lowest BCUT2D eigenvalue weighted by Crippen LogP contribution is -2.22. The highest BCUT2D eigenvalue weighted by atomic mass is 16.5. The second kappa shape index (κ2) is 41.6. The zero-order chi connectivity index (χ0) is 41.3. The Kier molecular flexibility index (Phi) is 39.3. The third-order valence-corrected chi connectivity index (χ3v) is 12.7. The summed E-state index contributed by atoms with van der Waals surface area (Å²) in [5, 5.41) is 0. The summed E-state index contributed by atoms with van der Waals surface area (Å²) < 4.78 is 17.5. The lowest BCUT2D eigenvalue weighted by molar-refractivity contribution is -0.145. The molecule has 57 heavy (non-hydrogen) atoms. The molecular formula is C51H99NO5. The smallest absolute Gasteiger partial charge is 0.305 e. The van der Waals surface area contributed by atoms with Gasteiger partial charge < -0.3 is 19.1 Å². The summed E-state index contributed by atoms with van der Waals surface area (Å²) in [5.41, 5.74) is 0. The van der Waals surface area contributed by atoms with Gasteiger partial charge in [-0.25, -0.2) is 0 Å². The van der Waals surface area contributed by atoms with Crippen LogP contribution in [-0.2, 0) is 23.8 Å². The lowest BCUT2D eigenvalue weighted by Gasteiger charge is -2.18. The third-order valence-electron chi connectivity index (χ3n) is 12.7. The van der Waals surface area contributed by atoms with E-state index in [1.165, 1.54) is 193 Å². The molecule has 1 heterocycles. The summed E-state index contributed by atoms with van der Waals surface area (Å²) in [6.45, 7) is 15.9. The minimum Gasteiger partial charge on any atom is -0.466 e. The minimum atomic E-state index is 0.0113. The molecule has 1 saturated heterocycles. The van der Waals surface area contributed by atoms with E-state index in [9.17, 15) is 9.59 Å². The molecule has 1 aliphatic rings. The van der Waals surface area contributed by atoms with Gasteiger partial charge in [-0.1, -0.05) is 182 Å². The van der Waals surface area contributed by atoms with Crippen LogP contribution in [0.3, 0.4) is 0 Å². The standard InChI is InChI=1S/C51H99NO5/c1-5-9-30-47(31-10-6-2)38-44-56-50(53)36-25-21-17-13-15-19-23-34-49(46-55-43-29-42-52-40-27-28-41-52)35-24-20-16-14-18-22-26-37-51(54)57-45-39-48(32-11-7-3)33-12-8-4/h47-49H,5-46H2,1-4H3. The van der Waals surface area contributed by atoms with Crippen molar-refractivity contribution < 1.29 is 23.8 Å². The van der Waals surface area contributed by atoms with Gasteiger partial charge in [-0.2, -0.15) is 0 Å². The Hall–Kier alpha value is -1.14. The van der Waals surface area contributed by atoms with Crippen LogP contribution >= 0.6 is 0 Å². The lowest BCUT2D eigenvalue weighted by atomic mass is 9.93. The maximum atomic E-state index is 12.3. The van der Waals surface area contributed by atoms with Crippen molar-refractivity contribution in [2.45, 2.75) is 252 Å². The highest BCUT2D eigenvalue weighted by molar-refractivity contribution is 5.69. The molecule has 0 bridgehead atoms. The van der Waals surface area contributed by atoms with Crippen LogP contribution in [0.15, 0.2) is 0 Å². The van der Waals surface area contributed by atoms with Gasteiger partial charge in [0.15, 0.2) is 0 Å². The van der Waals surface area contributed by atoms with Crippen molar-refractivity contribution >= 4 is 11.9 Å². The average Bonchev–Trinajstić information content (AvgIpc) is 3.74. The summed E-state index contributed by atoms with van der Waals surface area (Å²) >= 11 is 0. The normalized spacial score (nSPS) is 13.5. The summed E-state index contributed by atoms with van der Waals surface area (Å²) in [6, 6.07) is 0. The topological polar surface area (TPSA) is 65.1 Å². The molecule has 6 heteroatoms. The van der Waals surface area contributed by atoms with Crippen molar-refractivity contribution in [2.24, 2.45) is 17.8 Å². The SMILES string of the molecule is CCCCC(CCCC)CCOC(=O)CCCCCCCCCC(CCCCCCCCCC(=O)OCCC(CCCC)CCCC)COCCCN1CCCC1. The summed E-state index contributed by atoms with van der Waals surface area (Å²) in [6.07, 6.45) is 42.2. The van der Waals surface area contributed by atoms with Gasteiger partial charge >= 0.3 is 11.9 Å². The molecule has 1 rings (SSSR count). The number of carbonyl (C=O) groups excluding carboxylic acids is 2. The predicted molar refractivity (Wildman–Crippen MR) is 244 cm³/mol. The van der Waals surface area contributed by atoms with Crippen molar-refractivity contribution in [3.8, 4) is 0 Å². The molecule has 0 aromatic heterocycles. The zero-order valence-electron chi connectivity index (χ0n) is 38.9. The maximum absolute atomic E-state index is 12.3. The van der Waals surface area contributed by atoms with Crippen LogP contribution in [0, 0.1) is 17.8 Å². The van der Waals surface area contributed by atoms with Gasteiger partial charge in [0, 0.05) is 32.6 Å². The first-order valence-corrected chi connectivity index (χ1v) is 25.6. The van der Waals surface area contributed by atoms with Crippen LogP contribution in [0.25, 0.3) is 0 Å². The Bertz CT molecular complexity index is 789. The number of likely N-dealkylation sites (tertiary alicyclic amines) is 1. The Morgan fingerprint density at radius 2 is 0.789 bits per heavy atom. The fraction of sp³-hybridized carbons (Fsp3) is 0.961. The van der Waals surface area contributed by atoms with Gasteiger partial charge in [0.05, 0.1) is 13.2 Å². The maximum Gasteiger partial charge on any atom is 0.305 e. The molecule has 0 aliphatic carbocycles. The molecular weight excluding hydrogens is 707 g/mol. The van der Waals surface area contributed by atoms with E-state index in [2.05, 4.69) is 32.6 Å². The molecule has 0 saturated carbocycles. The summed E-state index contributed by atoms with van der Waals surface area (Å²) in [5.74, 6) is 2.16. The predicted octanol–water partition coefficient (Wildman–Crippen LogP) is 15.0. The van der Waals surface area contributed by atoms with Crippen LogP contribution in [-0.4, -0.2) is 62.9 Å². The van der Waals surface area contributed by atoms with Crippen LogP contribution in [0.2, 0.25) is 0 Å². The van der Waals surface area contributed by atoms with E-state index in [0.717, 1.165) is 63.6 Å². The molecule has 338 valence electrons.